The Labute approximate surface area is 152 Å². The van der Waals surface area contributed by atoms with Crippen LogP contribution in [-0.4, -0.2) is 52.1 Å². The molecule has 6 heteroatoms. The monoisotopic (exact) mass is 362 g/mol. The number of carbonyl (C=O) groups is 1. The molecule has 25 heavy (non-hydrogen) atoms. The zero-order valence-electron chi connectivity index (χ0n) is 15.2. The standard InChI is InChI=1S/C19H26N2O3S/c1-18(2,3)25(23)20-16-13-24-14-19(16)9-11-21(12-10-19)17(22)15-7-5-4-6-8-15/h4-8H,9-14H2,1-3H3/b20-16+/t25-/m1/s1. The van der Waals surface area contributed by atoms with Crippen LogP contribution in [0, 0.1) is 5.41 Å². The van der Waals surface area contributed by atoms with Crippen molar-refractivity contribution in [3.8, 4) is 0 Å². The first-order chi connectivity index (χ1) is 11.8. The number of rotatable bonds is 2. The van der Waals surface area contributed by atoms with E-state index in [2.05, 4.69) is 4.40 Å². The first-order valence-corrected chi connectivity index (χ1v) is 9.85. The molecule has 0 bridgehead atoms. The van der Waals surface area contributed by atoms with Gasteiger partial charge in [0.2, 0.25) is 0 Å². The molecule has 1 spiro atoms. The molecule has 2 aliphatic rings. The third-order valence-electron chi connectivity index (χ3n) is 4.97. The molecule has 0 saturated carbocycles. The predicted octanol–water partition coefficient (Wildman–Crippen LogP) is 2.84. The lowest BCUT2D eigenvalue weighted by Gasteiger charge is -2.38. The molecular weight excluding hydrogens is 336 g/mol. The summed E-state index contributed by atoms with van der Waals surface area (Å²) in [5, 5.41) is 0. The number of carbonyl (C=O) groups excluding carboxylic acids is 1. The normalized spacial score (nSPS) is 23.2. The van der Waals surface area contributed by atoms with E-state index in [4.69, 9.17) is 4.74 Å². The summed E-state index contributed by atoms with van der Waals surface area (Å²) < 4.78 is 22.2. The number of amides is 1. The summed E-state index contributed by atoms with van der Waals surface area (Å²) in [4.78, 5) is 14.5. The molecule has 2 heterocycles. The van der Waals surface area contributed by atoms with Crippen LogP contribution in [0.5, 0.6) is 0 Å². The van der Waals surface area contributed by atoms with Gasteiger partial charge in [0.15, 0.2) is 0 Å². The van der Waals surface area contributed by atoms with Gasteiger partial charge in [0, 0.05) is 24.1 Å². The lowest BCUT2D eigenvalue weighted by atomic mass is 9.76. The van der Waals surface area contributed by atoms with Crippen LogP contribution in [0.3, 0.4) is 0 Å². The molecule has 0 aromatic heterocycles. The maximum absolute atomic E-state index is 12.6. The predicted molar refractivity (Wildman–Crippen MR) is 100 cm³/mol. The highest BCUT2D eigenvalue weighted by Crippen LogP contribution is 2.38. The topological polar surface area (TPSA) is 65.0 Å². The number of hydrogen-bond acceptors (Lipinski definition) is 4. The van der Waals surface area contributed by atoms with Crippen molar-refractivity contribution >= 4 is 23.0 Å². The summed E-state index contributed by atoms with van der Waals surface area (Å²) in [6.07, 6.45) is 1.62. The van der Waals surface area contributed by atoms with Gasteiger partial charge in [0.1, 0.15) is 21.8 Å². The van der Waals surface area contributed by atoms with Gasteiger partial charge in [0.25, 0.3) is 5.91 Å². The largest absolute Gasteiger partial charge is 0.591 e. The van der Waals surface area contributed by atoms with E-state index in [1.807, 2.05) is 56.0 Å². The van der Waals surface area contributed by atoms with Crippen LogP contribution in [-0.2, 0) is 16.1 Å². The average molecular weight is 362 g/mol. The highest BCUT2D eigenvalue weighted by atomic mass is 32.2. The molecule has 2 aliphatic heterocycles. The quantitative estimate of drug-likeness (QED) is 0.760. The minimum absolute atomic E-state index is 0.0751. The highest BCUT2D eigenvalue weighted by molar-refractivity contribution is 7.91. The van der Waals surface area contributed by atoms with E-state index in [9.17, 15) is 9.35 Å². The fraction of sp³-hybridized carbons (Fsp3) is 0.579. The molecule has 1 atom stereocenters. The maximum atomic E-state index is 12.6. The van der Waals surface area contributed by atoms with Gasteiger partial charge in [-0.25, -0.2) is 0 Å². The van der Waals surface area contributed by atoms with E-state index in [0.29, 0.717) is 26.3 Å². The molecule has 3 rings (SSSR count). The second-order valence-corrected chi connectivity index (χ2v) is 9.74. The molecule has 1 aromatic carbocycles. The number of benzene rings is 1. The van der Waals surface area contributed by atoms with Crippen molar-refractivity contribution in [1.29, 1.82) is 0 Å². The molecule has 136 valence electrons. The molecule has 0 unspecified atom stereocenters. The smallest absolute Gasteiger partial charge is 0.253 e. The Morgan fingerprint density at radius 3 is 2.48 bits per heavy atom. The van der Waals surface area contributed by atoms with Crippen LogP contribution >= 0.6 is 0 Å². The fourth-order valence-corrected chi connectivity index (χ4v) is 3.99. The number of ether oxygens (including phenoxy) is 1. The molecular formula is C19H26N2O3S. The van der Waals surface area contributed by atoms with Gasteiger partial charge in [-0.2, -0.15) is 0 Å². The fourth-order valence-electron chi connectivity index (χ4n) is 3.27. The molecule has 2 fully saturated rings. The summed E-state index contributed by atoms with van der Waals surface area (Å²) in [6, 6.07) is 9.39. The Kier molecular flexibility index (Phi) is 5.23. The number of hydrogen-bond donors (Lipinski definition) is 0. The number of likely N-dealkylation sites (tertiary alicyclic amines) is 1. The average Bonchev–Trinajstić information content (AvgIpc) is 2.97. The van der Waals surface area contributed by atoms with E-state index in [-0.39, 0.29) is 16.1 Å². The SMILES string of the molecule is CC(C)(C)[S@@+]([O-])/N=C1\COCC12CCN(C(=O)c1ccccc1)CC2. The van der Waals surface area contributed by atoms with Gasteiger partial charge in [-0.15, -0.1) is 0 Å². The minimum Gasteiger partial charge on any atom is -0.591 e. The summed E-state index contributed by atoms with van der Waals surface area (Å²) in [5.74, 6) is 0.0751. The molecule has 0 aliphatic carbocycles. The molecule has 5 nitrogen and oxygen atoms in total. The number of piperidine rings is 1. The number of nitrogens with zero attached hydrogens (tertiary/aromatic N) is 2. The van der Waals surface area contributed by atoms with Gasteiger partial charge >= 0.3 is 0 Å². The van der Waals surface area contributed by atoms with Crippen molar-refractivity contribution in [1.82, 2.24) is 4.90 Å². The van der Waals surface area contributed by atoms with Crippen LogP contribution in [0.4, 0.5) is 0 Å². The summed E-state index contributed by atoms with van der Waals surface area (Å²) >= 11 is -1.27. The Balaban J connectivity index is 1.70. The van der Waals surface area contributed by atoms with E-state index in [1.165, 1.54) is 0 Å². The molecule has 1 amide bonds. The van der Waals surface area contributed by atoms with Crippen molar-refractivity contribution < 1.29 is 14.1 Å². The zero-order valence-corrected chi connectivity index (χ0v) is 16.0. The molecule has 1 aromatic rings. The van der Waals surface area contributed by atoms with E-state index in [0.717, 1.165) is 24.1 Å². The van der Waals surface area contributed by atoms with Gasteiger partial charge in [-0.1, -0.05) is 22.6 Å². The van der Waals surface area contributed by atoms with Crippen molar-refractivity contribution in [2.24, 2.45) is 9.81 Å². The third kappa shape index (κ3) is 3.91. The van der Waals surface area contributed by atoms with Crippen molar-refractivity contribution in [3.63, 3.8) is 0 Å². The Morgan fingerprint density at radius 1 is 1.24 bits per heavy atom. The van der Waals surface area contributed by atoms with Gasteiger partial charge < -0.3 is 14.2 Å². The highest BCUT2D eigenvalue weighted by Gasteiger charge is 2.46. The first-order valence-electron chi connectivity index (χ1n) is 8.74. The Hall–Kier alpha value is -1.37. The van der Waals surface area contributed by atoms with E-state index >= 15 is 0 Å². The molecule has 0 radical (unpaired) electrons. The first kappa shape index (κ1) is 18.4. The summed E-state index contributed by atoms with van der Waals surface area (Å²) in [7, 11) is 0. The summed E-state index contributed by atoms with van der Waals surface area (Å²) in [5.41, 5.74) is 1.48. The second-order valence-electron chi connectivity index (χ2n) is 7.83. The lowest BCUT2D eigenvalue weighted by molar-refractivity contribution is 0.0587. The van der Waals surface area contributed by atoms with Crippen LogP contribution in [0.1, 0.15) is 44.0 Å². The van der Waals surface area contributed by atoms with E-state index in [1.54, 1.807) is 0 Å². The Morgan fingerprint density at radius 2 is 1.88 bits per heavy atom. The van der Waals surface area contributed by atoms with Crippen molar-refractivity contribution in [2.75, 3.05) is 26.3 Å². The Bertz CT molecular complexity index is 646. The van der Waals surface area contributed by atoms with Gasteiger partial charge in [-0.05, 0) is 45.7 Å². The second kappa shape index (κ2) is 7.09. The van der Waals surface area contributed by atoms with Gasteiger partial charge in [0.05, 0.1) is 13.2 Å². The van der Waals surface area contributed by atoms with Crippen LogP contribution < -0.4 is 0 Å². The van der Waals surface area contributed by atoms with Crippen molar-refractivity contribution in [3.05, 3.63) is 35.9 Å². The zero-order chi connectivity index (χ0) is 18.1. The van der Waals surface area contributed by atoms with Crippen LogP contribution in [0.15, 0.2) is 34.7 Å². The van der Waals surface area contributed by atoms with E-state index < -0.39 is 11.4 Å². The van der Waals surface area contributed by atoms with Gasteiger partial charge in [-0.3, -0.25) is 4.79 Å². The minimum atomic E-state index is -1.27. The van der Waals surface area contributed by atoms with Crippen molar-refractivity contribution in [2.45, 2.75) is 38.4 Å². The van der Waals surface area contributed by atoms with Crippen LogP contribution in [0.2, 0.25) is 0 Å². The molecule has 0 N–H and O–H groups in total. The summed E-state index contributed by atoms with van der Waals surface area (Å²) in [6.45, 7) is 8.20. The van der Waals surface area contributed by atoms with Crippen LogP contribution in [0.25, 0.3) is 0 Å². The third-order valence-corrected chi connectivity index (χ3v) is 6.41. The molecule has 2 saturated heterocycles. The maximum Gasteiger partial charge on any atom is 0.253 e. The lowest BCUT2D eigenvalue weighted by Crippen LogP contribution is -2.46.